The molecule has 5 rings (SSSR count). The highest BCUT2D eigenvalue weighted by Gasteiger charge is 2.20. The van der Waals surface area contributed by atoms with Crippen LogP contribution in [-0.4, -0.2) is 63.7 Å². The summed E-state index contributed by atoms with van der Waals surface area (Å²) in [7, 11) is 4.11. The largest absolute Gasteiger partial charge is 0.392 e. The van der Waals surface area contributed by atoms with E-state index in [4.69, 9.17) is 0 Å². The van der Waals surface area contributed by atoms with E-state index in [0.717, 1.165) is 54.0 Å². The van der Waals surface area contributed by atoms with Gasteiger partial charge in [-0.05, 0) is 31.3 Å². The van der Waals surface area contributed by atoms with Crippen LogP contribution in [0.4, 0.5) is 22.9 Å². The fraction of sp³-hybridized carbons (Fsp3) is 0.250. The molecule has 1 amide bonds. The Labute approximate surface area is 216 Å². The second kappa shape index (κ2) is 10.4. The highest BCUT2D eigenvalue weighted by molar-refractivity contribution is 6.02. The number of nitrogens with zero attached hydrogens (tertiary/aromatic N) is 5. The highest BCUT2D eigenvalue weighted by atomic mass is 16.3. The molecule has 0 saturated carbocycles. The Morgan fingerprint density at radius 2 is 1.86 bits per heavy atom. The first-order valence-electron chi connectivity index (χ1n) is 12.2. The number of aliphatic hydroxyl groups excluding tert-OH is 1. The number of likely N-dealkylation sites (N-methyl/N-ethyl adjacent to an activating group) is 1. The topological polar surface area (TPSA) is 98.5 Å². The fourth-order valence-electron chi connectivity index (χ4n) is 4.73. The van der Waals surface area contributed by atoms with Crippen molar-refractivity contribution >= 4 is 39.7 Å². The summed E-state index contributed by atoms with van der Waals surface area (Å²) in [6.07, 6.45) is 4.84. The molecule has 2 aromatic heterocycles. The van der Waals surface area contributed by atoms with Gasteiger partial charge in [0.2, 0.25) is 5.91 Å². The Morgan fingerprint density at radius 3 is 2.62 bits per heavy atom. The van der Waals surface area contributed by atoms with Crippen molar-refractivity contribution in [3.05, 3.63) is 73.2 Å². The number of fused-ring (bicyclic) bond motifs is 1. The first-order chi connectivity index (χ1) is 18.0. The highest BCUT2D eigenvalue weighted by Crippen LogP contribution is 2.35. The molecule has 0 bridgehead atoms. The number of nitrogens with one attached hydrogen (secondary N) is 2. The van der Waals surface area contributed by atoms with Crippen molar-refractivity contribution in [1.29, 1.82) is 0 Å². The minimum absolute atomic E-state index is 0.167. The van der Waals surface area contributed by atoms with Crippen molar-refractivity contribution in [3.63, 3.8) is 0 Å². The molecule has 0 aliphatic carbocycles. The van der Waals surface area contributed by atoms with Crippen LogP contribution < -0.4 is 15.5 Å². The van der Waals surface area contributed by atoms with Crippen LogP contribution in [0.3, 0.4) is 0 Å². The van der Waals surface area contributed by atoms with Crippen LogP contribution in [0.1, 0.15) is 5.56 Å². The lowest BCUT2D eigenvalue weighted by molar-refractivity contribution is -0.111. The van der Waals surface area contributed by atoms with Gasteiger partial charge in [0.05, 0.1) is 23.7 Å². The van der Waals surface area contributed by atoms with Crippen molar-refractivity contribution < 1.29 is 9.90 Å². The molecule has 0 unspecified atom stereocenters. The van der Waals surface area contributed by atoms with Crippen molar-refractivity contribution in [2.24, 2.45) is 7.05 Å². The normalized spacial score (nSPS) is 14.1. The predicted molar refractivity (Wildman–Crippen MR) is 148 cm³/mol. The third-order valence-electron chi connectivity index (χ3n) is 6.78. The maximum Gasteiger partial charge on any atom is 0.247 e. The maximum absolute atomic E-state index is 12.3. The van der Waals surface area contributed by atoms with Gasteiger partial charge < -0.3 is 30.1 Å². The number of aliphatic hydroxyl groups is 1. The van der Waals surface area contributed by atoms with E-state index in [0.29, 0.717) is 22.8 Å². The molecule has 0 radical (unpaired) electrons. The van der Waals surface area contributed by atoms with E-state index in [1.807, 2.05) is 37.4 Å². The van der Waals surface area contributed by atoms with Gasteiger partial charge >= 0.3 is 0 Å². The van der Waals surface area contributed by atoms with Crippen LogP contribution in [0.2, 0.25) is 0 Å². The number of benzene rings is 2. The van der Waals surface area contributed by atoms with Crippen LogP contribution in [0.25, 0.3) is 22.2 Å². The number of hydrogen-bond acceptors (Lipinski definition) is 7. The monoisotopic (exact) mass is 497 g/mol. The van der Waals surface area contributed by atoms with Crippen molar-refractivity contribution in [2.75, 3.05) is 48.8 Å². The maximum atomic E-state index is 12.3. The Kier molecular flexibility index (Phi) is 6.89. The van der Waals surface area contributed by atoms with Crippen molar-refractivity contribution in [1.82, 2.24) is 19.4 Å². The number of carbonyl (C=O) groups is 1. The van der Waals surface area contributed by atoms with Gasteiger partial charge in [-0.15, -0.1) is 0 Å². The van der Waals surface area contributed by atoms with Crippen LogP contribution in [0.5, 0.6) is 0 Å². The van der Waals surface area contributed by atoms with E-state index in [9.17, 15) is 9.90 Å². The Bertz CT molecular complexity index is 1450. The SMILES string of the molecule is C=CC(=O)Nc1cc(Nc2cc(-c3cn(C)c4ccccc34)ncn2)c(CO)cc1N1CCN(C)CC1. The Morgan fingerprint density at radius 1 is 1.08 bits per heavy atom. The second-order valence-corrected chi connectivity index (χ2v) is 9.25. The number of para-hydroxylation sites is 1. The van der Waals surface area contributed by atoms with E-state index in [-0.39, 0.29) is 12.5 Å². The lowest BCUT2D eigenvalue weighted by atomic mass is 10.1. The molecule has 0 atom stereocenters. The van der Waals surface area contributed by atoms with Crippen LogP contribution in [-0.2, 0) is 18.4 Å². The van der Waals surface area contributed by atoms with E-state index in [1.54, 1.807) is 0 Å². The summed E-state index contributed by atoms with van der Waals surface area (Å²) < 4.78 is 2.08. The number of anilines is 4. The van der Waals surface area contributed by atoms with Crippen LogP contribution >= 0.6 is 0 Å². The van der Waals surface area contributed by atoms with E-state index in [1.165, 1.54) is 12.4 Å². The average Bonchev–Trinajstić information content (AvgIpc) is 3.26. The van der Waals surface area contributed by atoms with Gasteiger partial charge in [-0.3, -0.25) is 4.79 Å². The zero-order valence-electron chi connectivity index (χ0n) is 21.1. The summed E-state index contributed by atoms with van der Waals surface area (Å²) in [5, 5.41) is 17.6. The lowest BCUT2D eigenvalue weighted by Crippen LogP contribution is -2.44. The number of piperazine rings is 1. The molecular weight excluding hydrogens is 466 g/mol. The third kappa shape index (κ3) is 5.04. The first-order valence-corrected chi connectivity index (χ1v) is 12.2. The molecule has 0 spiro atoms. The molecule has 9 nitrogen and oxygen atoms in total. The van der Waals surface area contributed by atoms with Crippen LogP contribution in [0.15, 0.2) is 67.6 Å². The Hall–Kier alpha value is -4.21. The summed E-state index contributed by atoms with van der Waals surface area (Å²) in [5.41, 5.74) is 5.80. The Balaban J connectivity index is 1.51. The quantitative estimate of drug-likeness (QED) is 0.335. The molecule has 3 N–H and O–H groups in total. The fourth-order valence-corrected chi connectivity index (χ4v) is 4.73. The summed E-state index contributed by atoms with van der Waals surface area (Å²) in [6, 6.07) is 13.9. The molecule has 1 fully saturated rings. The molecule has 4 aromatic rings. The molecule has 37 heavy (non-hydrogen) atoms. The summed E-state index contributed by atoms with van der Waals surface area (Å²) >= 11 is 0. The number of amides is 1. The summed E-state index contributed by atoms with van der Waals surface area (Å²) in [4.78, 5) is 25.7. The zero-order valence-corrected chi connectivity index (χ0v) is 21.1. The van der Waals surface area contributed by atoms with Gasteiger partial charge in [0.15, 0.2) is 0 Å². The number of aromatic nitrogens is 3. The molecule has 1 aliphatic heterocycles. The molecule has 1 aliphatic rings. The molecular formula is C28H31N7O2. The van der Waals surface area contributed by atoms with Gasteiger partial charge in [0, 0.05) is 73.2 Å². The van der Waals surface area contributed by atoms with Gasteiger partial charge in [-0.2, -0.15) is 0 Å². The smallest absolute Gasteiger partial charge is 0.247 e. The minimum atomic E-state index is -0.293. The molecule has 3 heterocycles. The molecule has 190 valence electrons. The zero-order chi connectivity index (χ0) is 25.9. The molecule has 1 saturated heterocycles. The van der Waals surface area contributed by atoms with Crippen molar-refractivity contribution in [2.45, 2.75) is 6.61 Å². The number of hydrogen-bond donors (Lipinski definition) is 3. The van der Waals surface area contributed by atoms with E-state index >= 15 is 0 Å². The van der Waals surface area contributed by atoms with Gasteiger partial charge in [0.25, 0.3) is 0 Å². The van der Waals surface area contributed by atoms with Gasteiger partial charge in [0.1, 0.15) is 12.1 Å². The van der Waals surface area contributed by atoms with Crippen LogP contribution in [0, 0.1) is 0 Å². The molecule has 2 aromatic carbocycles. The first kappa shape index (κ1) is 24.5. The van der Waals surface area contributed by atoms with E-state index in [2.05, 4.69) is 66.9 Å². The van der Waals surface area contributed by atoms with E-state index < -0.39 is 0 Å². The van der Waals surface area contributed by atoms with Crippen molar-refractivity contribution in [3.8, 4) is 11.3 Å². The third-order valence-corrected chi connectivity index (χ3v) is 6.78. The number of rotatable bonds is 7. The second-order valence-electron chi connectivity index (χ2n) is 9.25. The average molecular weight is 498 g/mol. The van der Waals surface area contributed by atoms with Gasteiger partial charge in [-0.1, -0.05) is 24.8 Å². The van der Waals surface area contributed by atoms with Gasteiger partial charge in [-0.25, -0.2) is 9.97 Å². The summed E-state index contributed by atoms with van der Waals surface area (Å²) in [5.74, 6) is 0.291. The number of aryl methyl sites for hydroxylation is 1. The standard InChI is InChI=1S/C28H31N7O2/c1-4-28(37)32-24-14-22(19(17-36)13-26(24)35-11-9-33(2)10-12-35)31-27-15-23(29-18-30-27)21-16-34(3)25-8-6-5-7-20(21)25/h4-8,13-16,18,36H,1,9-12,17H2,2-3H3,(H,32,37)(H,29,30,31). The summed E-state index contributed by atoms with van der Waals surface area (Å²) in [6.45, 7) is 6.91. The predicted octanol–water partition coefficient (Wildman–Crippen LogP) is 3.75. The number of carbonyl (C=O) groups excluding carboxylic acids is 1. The molecule has 9 heteroatoms. The minimum Gasteiger partial charge on any atom is -0.392 e. The lowest BCUT2D eigenvalue weighted by Gasteiger charge is -2.35.